The standard InChI is InChI=1S/C15H18ClN3O2/c1-9(17)6-11-7-12(16)4-5-13(11)20-8-14-18-15(19-21-14)10-2-3-10/h4-5,7,9-10H,2-3,6,8,17H2,1H3. The Labute approximate surface area is 128 Å². The SMILES string of the molecule is CC(N)Cc1cc(Cl)ccc1OCc1nc(C2CC2)no1. The van der Waals surface area contributed by atoms with E-state index in [0.29, 0.717) is 23.3 Å². The minimum atomic E-state index is 0.0377. The van der Waals surface area contributed by atoms with Crippen molar-refractivity contribution in [2.45, 2.75) is 44.8 Å². The van der Waals surface area contributed by atoms with E-state index in [2.05, 4.69) is 10.1 Å². The molecule has 1 saturated carbocycles. The monoisotopic (exact) mass is 307 g/mol. The first-order valence-corrected chi connectivity index (χ1v) is 7.49. The van der Waals surface area contributed by atoms with Crippen molar-refractivity contribution in [3.8, 4) is 5.75 Å². The maximum Gasteiger partial charge on any atom is 0.264 e. The van der Waals surface area contributed by atoms with Crippen LogP contribution in [0, 0.1) is 0 Å². The summed E-state index contributed by atoms with van der Waals surface area (Å²) in [6.07, 6.45) is 3.00. The van der Waals surface area contributed by atoms with Crippen molar-refractivity contribution in [3.05, 3.63) is 40.5 Å². The highest BCUT2D eigenvalue weighted by atomic mass is 35.5. The highest BCUT2D eigenvalue weighted by molar-refractivity contribution is 6.30. The summed E-state index contributed by atoms with van der Waals surface area (Å²) in [4.78, 5) is 4.34. The number of halogens is 1. The Morgan fingerprint density at radius 1 is 1.48 bits per heavy atom. The van der Waals surface area contributed by atoms with E-state index in [0.717, 1.165) is 30.0 Å². The van der Waals surface area contributed by atoms with Crippen LogP contribution in [0.1, 0.15) is 43.0 Å². The van der Waals surface area contributed by atoms with E-state index in [9.17, 15) is 0 Å². The van der Waals surface area contributed by atoms with Gasteiger partial charge in [-0.05, 0) is 49.9 Å². The largest absolute Gasteiger partial charge is 0.483 e. The van der Waals surface area contributed by atoms with Crippen molar-refractivity contribution in [1.82, 2.24) is 10.1 Å². The number of nitrogens with zero attached hydrogens (tertiary/aromatic N) is 2. The van der Waals surface area contributed by atoms with E-state index in [1.807, 2.05) is 19.1 Å². The maximum atomic E-state index is 6.03. The fourth-order valence-electron chi connectivity index (χ4n) is 2.17. The van der Waals surface area contributed by atoms with Crippen LogP contribution >= 0.6 is 11.6 Å². The lowest BCUT2D eigenvalue weighted by molar-refractivity contribution is 0.240. The molecule has 0 radical (unpaired) electrons. The molecule has 1 atom stereocenters. The molecule has 2 N–H and O–H groups in total. The van der Waals surface area contributed by atoms with Gasteiger partial charge < -0.3 is 15.0 Å². The van der Waals surface area contributed by atoms with Crippen molar-refractivity contribution < 1.29 is 9.26 Å². The van der Waals surface area contributed by atoms with Crippen LogP contribution in [0.2, 0.25) is 5.02 Å². The van der Waals surface area contributed by atoms with E-state index in [1.54, 1.807) is 6.07 Å². The molecule has 1 aliphatic carbocycles. The fourth-order valence-corrected chi connectivity index (χ4v) is 2.36. The van der Waals surface area contributed by atoms with Gasteiger partial charge >= 0.3 is 0 Å². The summed E-state index contributed by atoms with van der Waals surface area (Å²) >= 11 is 6.03. The topological polar surface area (TPSA) is 74.2 Å². The Balaban J connectivity index is 1.68. The highest BCUT2D eigenvalue weighted by Gasteiger charge is 2.28. The molecule has 1 unspecified atom stereocenters. The van der Waals surface area contributed by atoms with Crippen molar-refractivity contribution in [2.75, 3.05) is 0 Å². The zero-order valence-corrected chi connectivity index (χ0v) is 12.6. The molecular formula is C15H18ClN3O2. The Morgan fingerprint density at radius 3 is 3.00 bits per heavy atom. The van der Waals surface area contributed by atoms with E-state index >= 15 is 0 Å². The minimum absolute atomic E-state index is 0.0377. The van der Waals surface area contributed by atoms with Gasteiger partial charge in [0, 0.05) is 17.0 Å². The lowest BCUT2D eigenvalue weighted by Gasteiger charge is -2.12. The van der Waals surface area contributed by atoms with Crippen molar-refractivity contribution in [3.63, 3.8) is 0 Å². The molecular weight excluding hydrogens is 290 g/mol. The highest BCUT2D eigenvalue weighted by Crippen LogP contribution is 2.38. The number of rotatable bonds is 6. The maximum absolute atomic E-state index is 6.03. The molecule has 1 aliphatic rings. The zero-order valence-electron chi connectivity index (χ0n) is 11.9. The Kier molecular flexibility index (Phi) is 4.12. The molecule has 6 heteroatoms. The molecule has 3 rings (SSSR count). The van der Waals surface area contributed by atoms with Gasteiger partial charge in [-0.25, -0.2) is 0 Å². The third kappa shape index (κ3) is 3.74. The Morgan fingerprint density at radius 2 is 2.29 bits per heavy atom. The van der Waals surface area contributed by atoms with Gasteiger partial charge in [-0.1, -0.05) is 16.8 Å². The van der Waals surface area contributed by atoms with Gasteiger partial charge in [0.05, 0.1) is 0 Å². The normalized spacial score (nSPS) is 16.0. The molecule has 0 bridgehead atoms. The first-order valence-electron chi connectivity index (χ1n) is 7.11. The second kappa shape index (κ2) is 6.03. The van der Waals surface area contributed by atoms with Crippen LogP contribution < -0.4 is 10.5 Å². The molecule has 112 valence electrons. The molecule has 1 aromatic carbocycles. The first kappa shape index (κ1) is 14.4. The van der Waals surface area contributed by atoms with Gasteiger partial charge in [-0.15, -0.1) is 0 Å². The Hall–Kier alpha value is -1.59. The van der Waals surface area contributed by atoms with E-state index in [-0.39, 0.29) is 12.6 Å². The van der Waals surface area contributed by atoms with Crippen molar-refractivity contribution in [2.24, 2.45) is 5.73 Å². The number of hydrogen-bond acceptors (Lipinski definition) is 5. The molecule has 21 heavy (non-hydrogen) atoms. The summed E-state index contributed by atoms with van der Waals surface area (Å²) in [6, 6.07) is 5.56. The van der Waals surface area contributed by atoms with Crippen LogP contribution in [0.3, 0.4) is 0 Å². The van der Waals surface area contributed by atoms with Crippen LogP contribution in [-0.2, 0) is 13.0 Å². The number of aromatic nitrogens is 2. The van der Waals surface area contributed by atoms with Crippen molar-refractivity contribution >= 4 is 11.6 Å². The van der Waals surface area contributed by atoms with Crippen LogP contribution in [0.4, 0.5) is 0 Å². The van der Waals surface area contributed by atoms with Gasteiger partial charge in [0.1, 0.15) is 5.75 Å². The van der Waals surface area contributed by atoms with E-state index in [1.165, 1.54) is 0 Å². The summed E-state index contributed by atoms with van der Waals surface area (Å²) in [6.45, 7) is 2.21. The summed E-state index contributed by atoms with van der Waals surface area (Å²) in [5.74, 6) is 2.52. The van der Waals surface area contributed by atoms with Gasteiger partial charge in [0.2, 0.25) is 0 Å². The van der Waals surface area contributed by atoms with Crippen LogP contribution in [0.15, 0.2) is 22.7 Å². The number of nitrogens with two attached hydrogens (primary N) is 1. The number of hydrogen-bond donors (Lipinski definition) is 1. The summed E-state index contributed by atoms with van der Waals surface area (Å²) < 4.78 is 11.0. The fraction of sp³-hybridized carbons (Fsp3) is 0.467. The van der Waals surface area contributed by atoms with Gasteiger partial charge in [-0.3, -0.25) is 0 Å². The second-order valence-electron chi connectivity index (χ2n) is 5.54. The third-order valence-corrected chi connectivity index (χ3v) is 3.58. The van der Waals surface area contributed by atoms with Gasteiger partial charge in [0.15, 0.2) is 12.4 Å². The zero-order chi connectivity index (χ0) is 14.8. The summed E-state index contributed by atoms with van der Waals surface area (Å²) in [5.41, 5.74) is 6.84. The average molecular weight is 308 g/mol. The van der Waals surface area contributed by atoms with Crippen LogP contribution in [0.25, 0.3) is 0 Å². The minimum Gasteiger partial charge on any atom is -0.483 e. The molecule has 1 aromatic heterocycles. The lowest BCUT2D eigenvalue weighted by atomic mass is 10.1. The Bertz CT molecular complexity index is 623. The molecule has 1 heterocycles. The van der Waals surface area contributed by atoms with E-state index in [4.69, 9.17) is 26.6 Å². The smallest absolute Gasteiger partial charge is 0.264 e. The second-order valence-corrected chi connectivity index (χ2v) is 5.98. The number of benzene rings is 1. The quantitative estimate of drug-likeness (QED) is 0.887. The summed E-state index contributed by atoms with van der Waals surface area (Å²) in [5, 5.41) is 4.64. The van der Waals surface area contributed by atoms with Crippen LogP contribution in [-0.4, -0.2) is 16.2 Å². The lowest BCUT2D eigenvalue weighted by Crippen LogP contribution is -2.18. The number of ether oxygens (including phenoxy) is 1. The molecule has 1 fully saturated rings. The molecule has 0 amide bonds. The molecule has 0 aliphatic heterocycles. The summed E-state index contributed by atoms with van der Waals surface area (Å²) in [7, 11) is 0. The molecule has 5 nitrogen and oxygen atoms in total. The van der Waals surface area contributed by atoms with Crippen molar-refractivity contribution in [1.29, 1.82) is 0 Å². The first-order chi connectivity index (χ1) is 10.1. The van der Waals surface area contributed by atoms with Gasteiger partial charge in [0.25, 0.3) is 5.89 Å². The molecule has 2 aromatic rings. The molecule has 0 saturated heterocycles. The predicted molar refractivity (Wildman–Crippen MR) is 79.4 cm³/mol. The van der Waals surface area contributed by atoms with E-state index < -0.39 is 0 Å². The van der Waals surface area contributed by atoms with Crippen LogP contribution in [0.5, 0.6) is 5.75 Å². The van der Waals surface area contributed by atoms with Gasteiger partial charge in [-0.2, -0.15) is 4.98 Å². The predicted octanol–water partition coefficient (Wildman–Crippen LogP) is 3.07. The average Bonchev–Trinajstić information content (AvgIpc) is 3.17. The third-order valence-electron chi connectivity index (χ3n) is 3.34. The molecule has 0 spiro atoms.